The molecule has 0 unspecified atom stereocenters. The number of ether oxygens (including phenoxy) is 2. The zero-order chi connectivity index (χ0) is 17.4. The summed E-state index contributed by atoms with van der Waals surface area (Å²) >= 11 is 3.38. The van der Waals surface area contributed by atoms with Gasteiger partial charge in [-0.25, -0.2) is 4.79 Å². The molecule has 3 rings (SSSR count). The van der Waals surface area contributed by atoms with Gasteiger partial charge in [0.1, 0.15) is 24.1 Å². The smallest absolute Gasteiger partial charge is 0.335 e. The number of carboxylic acid groups (broad SMARTS) is 1. The molecule has 0 spiro atoms. The third-order valence-electron chi connectivity index (χ3n) is 3.84. The van der Waals surface area contributed by atoms with Gasteiger partial charge in [0.05, 0.1) is 0 Å². The molecule has 5 atom stereocenters. The van der Waals surface area contributed by atoms with Gasteiger partial charge in [-0.05, 0) is 35.0 Å². The molecule has 1 saturated heterocycles. The van der Waals surface area contributed by atoms with Crippen molar-refractivity contribution < 1.29 is 34.7 Å². The molecule has 1 aliphatic heterocycles. The van der Waals surface area contributed by atoms with Crippen LogP contribution in [0, 0.1) is 0 Å². The average Bonchev–Trinajstić information content (AvgIpc) is 2.55. The van der Waals surface area contributed by atoms with Crippen LogP contribution in [0.3, 0.4) is 0 Å². The molecule has 2 aromatic carbocycles. The Kier molecular flexibility index (Phi) is 4.75. The summed E-state index contributed by atoms with van der Waals surface area (Å²) in [5, 5.41) is 40.3. The van der Waals surface area contributed by atoms with Crippen LogP contribution in [0.2, 0.25) is 0 Å². The van der Waals surface area contributed by atoms with Crippen LogP contribution in [-0.2, 0) is 9.53 Å². The molecule has 0 bridgehead atoms. The van der Waals surface area contributed by atoms with Crippen molar-refractivity contribution >= 4 is 32.7 Å². The number of hydrogen-bond donors (Lipinski definition) is 4. The van der Waals surface area contributed by atoms with E-state index in [-0.39, 0.29) is 0 Å². The molecule has 7 nitrogen and oxygen atoms in total. The maximum atomic E-state index is 11.1. The Hall–Kier alpha value is -1.71. The molecule has 0 amide bonds. The van der Waals surface area contributed by atoms with Gasteiger partial charge in [0.25, 0.3) is 0 Å². The number of carboxylic acids is 1. The van der Waals surface area contributed by atoms with Gasteiger partial charge >= 0.3 is 5.97 Å². The van der Waals surface area contributed by atoms with Gasteiger partial charge in [-0.15, -0.1) is 0 Å². The number of benzene rings is 2. The number of rotatable bonds is 3. The summed E-state index contributed by atoms with van der Waals surface area (Å²) in [7, 11) is 0. The molecule has 0 aliphatic carbocycles. The first kappa shape index (κ1) is 17.1. The molecule has 0 radical (unpaired) electrons. The highest BCUT2D eigenvalue weighted by molar-refractivity contribution is 9.10. The monoisotopic (exact) mass is 398 g/mol. The lowest BCUT2D eigenvalue weighted by Gasteiger charge is -2.38. The van der Waals surface area contributed by atoms with E-state index in [1.54, 1.807) is 18.2 Å². The first-order valence-electron chi connectivity index (χ1n) is 7.15. The Morgan fingerprint density at radius 2 is 1.67 bits per heavy atom. The molecule has 1 heterocycles. The summed E-state index contributed by atoms with van der Waals surface area (Å²) in [6.45, 7) is 0. The van der Waals surface area contributed by atoms with Crippen LogP contribution in [0.25, 0.3) is 10.8 Å². The van der Waals surface area contributed by atoms with E-state index >= 15 is 0 Å². The molecule has 1 aliphatic rings. The predicted molar refractivity (Wildman–Crippen MR) is 86.6 cm³/mol. The second-order valence-corrected chi connectivity index (χ2v) is 6.42. The number of hydrogen-bond acceptors (Lipinski definition) is 6. The molecule has 2 aromatic rings. The topological polar surface area (TPSA) is 116 Å². The third-order valence-corrected chi connectivity index (χ3v) is 4.33. The molecule has 24 heavy (non-hydrogen) atoms. The number of carbonyl (C=O) groups is 1. The van der Waals surface area contributed by atoms with Crippen molar-refractivity contribution in [3.63, 3.8) is 0 Å². The first-order chi connectivity index (χ1) is 11.4. The van der Waals surface area contributed by atoms with E-state index < -0.39 is 36.7 Å². The summed E-state index contributed by atoms with van der Waals surface area (Å²) in [5.41, 5.74) is 0. The number of fused-ring (bicyclic) bond motifs is 1. The molecule has 1 fully saturated rings. The third kappa shape index (κ3) is 3.24. The predicted octanol–water partition coefficient (Wildman–Crippen LogP) is 0.873. The number of halogens is 1. The highest BCUT2D eigenvalue weighted by Crippen LogP contribution is 2.28. The lowest BCUT2D eigenvalue weighted by molar-refractivity contribution is -0.271. The normalized spacial score (nSPS) is 30.2. The van der Waals surface area contributed by atoms with Crippen molar-refractivity contribution in [1.29, 1.82) is 0 Å². The minimum absolute atomic E-state index is 0.335. The van der Waals surface area contributed by atoms with Crippen molar-refractivity contribution in [3.8, 4) is 5.75 Å². The molecule has 0 saturated carbocycles. The quantitative estimate of drug-likeness (QED) is 0.605. The lowest BCUT2D eigenvalue weighted by atomic mass is 9.99. The molecule has 8 heteroatoms. The highest BCUT2D eigenvalue weighted by atomic mass is 79.9. The van der Waals surface area contributed by atoms with Crippen molar-refractivity contribution in [2.75, 3.05) is 0 Å². The van der Waals surface area contributed by atoms with Crippen molar-refractivity contribution in [2.45, 2.75) is 30.7 Å². The average molecular weight is 399 g/mol. The Balaban J connectivity index is 1.83. The highest BCUT2D eigenvalue weighted by Gasteiger charge is 2.48. The Bertz CT molecular complexity index is 765. The Morgan fingerprint density at radius 1 is 1.00 bits per heavy atom. The van der Waals surface area contributed by atoms with Crippen molar-refractivity contribution in [3.05, 3.63) is 40.9 Å². The molecule has 4 N–H and O–H groups in total. The standard InChI is InChI=1S/C16H15BrO7/c17-9-3-1-8-6-10(4-2-7(8)5-9)23-16-13(20)11(18)12(19)14(24-16)15(21)22/h1-6,11-14,16,18-20H,(H,21,22)/t11-,12+,13-,14-,16-/m1/s1. The second kappa shape index (κ2) is 6.66. The largest absolute Gasteiger partial charge is 0.479 e. The van der Waals surface area contributed by atoms with Crippen LogP contribution in [0.4, 0.5) is 0 Å². The van der Waals surface area contributed by atoms with Gasteiger partial charge in [-0.2, -0.15) is 0 Å². The van der Waals surface area contributed by atoms with Crippen LogP contribution in [0.5, 0.6) is 5.75 Å². The number of aliphatic hydroxyl groups excluding tert-OH is 3. The minimum atomic E-state index is -1.74. The van der Waals surface area contributed by atoms with Gasteiger partial charge in [0, 0.05) is 4.47 Å². The maximum absolute atomic E-state index is 11.1. The van der Waals surface area contributed by atoms with E-state index in [1.165, 1.54) is 0 Å². The van der Waals surface area contributed by atoms with E-state index in [4.69, 9.17) is 14.6 Å². The maximum Gasteiger partial charge on any atom is 0.335 e. The van der Waals surface area contributed by atoms with Crippen molar-refractivity contribution in [1.82, 2.24) is 0 Å². The fourth-order valence-electron chi connectivity index (χ4n) is 2.55. The summed E-state index contributed by atoms with van der Waals surface area (Å²) < 4.78 is 11.5. The van der Waals surface area contributed by atoms with Crippen LogP contribution in [0.15, 0.2) is 40.9 Å². The molecular weight excluding hydrogens is 384 g/mol. The number of aliphatic hydroxyl groups is 3. The van der Waals surface area contributed by atoms with E-state index in [1.807, 2.05) is 18.2 Å². The molecule has 0 aromatic heterocycles. The van der Waals surface area contributed by atoms with Gasteiger partial charge in [-0.3, -0.25) is 0 Å². The van der Waals surface area contributed by atoms with Crippen LogP contribution < -0.4 is 4.74 Å². The second-order valence-electron chi connectivity index (χ2n) is 5.51. The molecular formula is C16H15BrO7. The lowest BCUT2D eigenvalue weighted by Crippen LogP contribution is -2.61. The van der Waals surface area contributed by atoms with Crippen molar-refractivity contribution in [2.24, 2.45) is 0 Å². The fourth-order valence-corrected chi connectivity index (χ4v) is 2.93. The minimum Gasteiger partial charge on any atom is -0.479 e. The zero-order valence-corrected chi connectivity index (χ0v) is 13.8. The summed E-state index contributed by atoms with van der Waals surface area (Å²) in [6, 6.07) is 10.8. The summed E-state index contributed by atoms with van der Waals surface area (Å²) in [4.78, 5) is 11.1. The Morgan fingerprint density at radius 3 is 2.38 bits per heavy atom. The van der Waals surface area contributed by atoms with E-state index in [0.29, 0.717) is 5.75 Å². The molecule has 128 valence electrons. The van der Waals surface area contributed by atoms with Gasteiger partial charge in [-0.1, -0.05) is 28.1 Å². The van der Waals surface area contributed by atoms with E-state index in [9.17, 15) is 20.1 Å². The number of aliphatic carboxylic acids is 1. The van der Waals surface area contributed by atoms with Crippen LogP contribution in [-0.4, -0.2) is 57.1 Å². The summed E-state index contributed by atoms with van der Waals surface area (Å²) in [6.07, 6.45) is -8.13. The van der Waals surface area contributed by atoms with E-state index in [0.717, 1.165) is 15.2 Å². The fraction of sp³-hybridized carbons (Fsp3) is 0.312. The first-order valence-corrected chi connectivity index (χ1v) is 7.94. The van der Waals surface area contributed by atoms with Crippen LogP contribution in [0.1, 0.15) is 0 Å². The van der Waals surface area contributed by atoms with Gasteiger partial charge in [0.15, 0.2) is 6.10 Å². The van der Waals surface area contributed by atoms with Gasteiger partial charge < -0.3 is 29.9 Å². The summed E-state index contributed by atoms with van der Waals surface area (Å²) in [5.74, 6) is -1.12. The Labute approximate surface area is 145 Å². The van der Waals surface area contributed by atoms with E-state index in [2.05, 4.69) is 15.9 Å². The zero-order valence-electron chi connectivity index (χ0n) is 12.2. The SMILES string of the molecule is O=C(O)[C@@H]1O[C@@H](Oc2ccc3cc(Br)ccc3c2)[C@H](O)[C@H](O)[C@@H]1O. The van der Waals surface area contributed by atoms with Crippen LogP contribution >= 0.6 is 15.9 Å². The van der Waals surface area contributed by atoms with Gasteiger partial charge in [0.2, 0.25) is 6.29 Å².